The Kier molecular flexibility index (Phi) is 2.90. The fourth-order valence-corrected chi connectivity index (χ4v) is 2.79. The minimum atomic E-state index is 0.258. The van der Waals surface area contributed by atoms with Crippen molar-refractivity contribution >= 4 is 21.7 Å². The zero-order valence-corrected chi connectivity index (χ0v) is 10.5. The monoisotopic (exact) mass is 250 g/mol. The van der Waals surface area contributed by atoms with Crippen molar-refractivity contribution in [3.63, 3.8) is 0 Å². The molecule has 0 aliphatic carbocycles. The van der Waals surface area contributed by atoms with Crippen LogP contribution in [-0.4, -0.2) is 33.5 Å². The minimum absolute atomic E-state index is 0.258. The second kappa shape index (κ2) is 4.54. The van der Waals surface area contributed by atoms with E-state index in [-0.39, 0.29) is 6.10 Å². The van der Waals surface area contributed by atoms with Crippen LogP contribution in [0.15, 0.2) is 6.33 Å². The third-order valence-electron chi connectivity index (χ3n) is 2.97. The summed E-state index contributed by atoms with van der Waals surface area (Å²) >= 11 is 1.40. The predicted octanol–water partition coefficient (Wildman–Crippen LogP) is 1.53. The summed E-state index contributed by atoms with van der Waals surface area (Å²) in [7, 11) is 0. The first-order valence-corrected chi connectivity index (χ1v) is 6.56. The molecule has 17 heavy (non-hydrogen) atoms. The molecule has 1 fully saturated rings. The number of rotatable bonds is 2. The smallest absolute Gasteiger partial charge is 0.227 e. The predicted molar refractivity (Wildman–Crippen MR) is 66.5 cm³/mol. The van der Waals surface area contributed by atoms with Gasteiger partial charge in [-0.2, -0.15) is 4.37 Å². The fourth-order valence-electron chi connectivity index (χ4n) is 2.05. The van der Waals surface area contributed by atoms with Crippen molar-refractivity contribution in [2.24, 2.45) is 0 Å². The quantitative estimate of drug-likeness (QED) is 0.875. The number of nitrogens with zero attached hydrogens (tertiary/aromatic N) is 3. The Balaban J connectivity index is 1.91. The van der Waals surface area contributed by atoms with E-state index < -0.39 is 0 Å². The molecular weight excluding hydrogens is 236 g/mol. The van der Waals surface area contributed by atoms with E-state index in [0.29, 0.717) is 5.88 Å². The Morgan fingerprint density at radius 1 is 1.35 bits per heavy atom. The number of aryl methyl sites for hydroxylation is 1. The lowest BCUT2D eigenvalue weighted by Gasteiger charge is -2.23. The van der Waals surface area contributed by atoms with Crippen LogP contribution < -0.4 is 10.1 Å². The van der Waals surface area contributed by atoms with Crippen LogP contribution in [0.2, 0.25) is 0 Å². The molecular formula is C11H14N4OS. The number of hydrogen-bond acceptors (Lipinski definition) is 6. The average Bonchev–Trinajstić information content (AvgIpc) is 2.74. The van der Waals surface area contributed by atoms with E-state index in [1.54, 1.807) is 6.33 Å². The summed E-state index contributed by atoms with van der Waals surface area (Å²) in [6.07, 6.45) is 3.87. The molecule has 0 atom stereocenters. The van der Waals surface area contributed by atoms with Gasteiger partial charge in [0, 0.05) is 0 Å². The molecule has 1 aliphatic rings. The van der Waals surface area contributed by atoms with Gasteiger partial charge in [-0.05, 0) is 44.4 Å². The number of aromatic nitrogens is 3. The van der Waals surface area contributed by atoms with Gasteiger partial charge in [0.1, 0.15) is 12.4 Å². The van der Waals surface area contributed by atoms with Gasteiger partial charge < -0.3 is 10.1 Å². The van der Waals surface area contributed by atoms with Crippen LogP contribution in [-0.2, 0) is 0 Å². The normalized spacial score (nSPS) is 17.5. The maximum Gasteiger partial charge on any atom is 0.227 e. The van der Waals surface area contributed by atoms with Gasteiger partial charge in [-0.25, -0.2) is 9.97 Å². The van der Waals surface area contributed by atoms with Gasteiger partial charge in [0.05, 0.1) is 11.1 Å². The third-order valence-corrected chi connectivity index (χ3v) is 3.82. The van der Waals surface area contributed by atoms with Crippen molar-refractivity contribution in [2.45, 2.75) is 25.9 Å². The molecule has 2 aromatic rings. The zero-order valence-electron chi connectivity index (χ0n) is 9.64. The zero-order chi connectivity index (χ0) is 11.7. The number of ether oxygens (including phenoxy) is 1. The number of hydrogen-bond donors (Lipinski definition) is 1. The van der Waals surface area contributed by atoms with E-state index in [9.17, 15) is 0 Å². The summed E-state index contributed by atoms with van der Waals surface area (Å²) in [6.45, 7) is 4.00. The van der Waals surface area contributed by atoms with Crippen LogP contribution in [0.25, 0.3) is 10.2 Å². The summed E-state index contributed by atoms with van der Waals surface area (Å²) in [4.78, 5) is 9.36. The van der Waals surface area contributed by atoms with Crippen LogP contribution in [0.1, 0.15) is 18.5 Å². The molecule has 0 radical (unpaired) electrons. The van der Waals surface area contributed by atoms with E-state index in [1.807, 2.05) is 6.92 Å². The second-order valence-electron chi connectivity index (χ2n) is 4.19. The number of nitrogens with one attached hydrogen (secondary N) is 1. The lowest BCUT2D eigenvalue weighted by Crippen LogP contribution is -2.34. The summed E-state index contributed by atoms with van der Waals surface area (Å²) < 4.78 is 10.3. The summed E-state index contributed by atoms with van der Waals surface area (Å²) in [6, 6.07) is 0. The van der Waals surface area contributed by atoms with Gasteiger partial charge in [0.15, 0.2) is 4.83 Å². The molecule has 0 amide bonds. The lowest BCUT2D eigenvalue weighted by molar-refractivity contribution is 0.158. The average molecular weight is 250 g/mol. The summed E-state index contributed by atoms with van der Waals surface area (Å²) in [5.41, 5.74) is 0.953. The maximum atomic E-state index is 5.98. The molecule has 3 rings (SSSR count). The molecule has 0 unspecified atom stereocenters. The molecule has 0 bridgehead atoms. The standard InChI is InChI=1S/C11H14N4OS/c1-7-9-10(13-6-14-11(9)17-15-7)16-8-2-4-12-5-3-8/h6,8,12H,2-5H2,1H3. The molecule has 2 aromatic heterocycles. The van der Waals surface area contributed by atoms with E-state index in [1.165, 1.54) is 11.5 Å². The lowest BCUT2D eigenvalue weighted by atomic mass is 10.1. The highest BCUT2D eigenvalue weighted by Gasteiger charge is 2.18. The molecule has 5 nitrogen and oxygen atoms in total. The number of piperidine rings is 1. The molecule has 1 aliphatic heterocycles. The molecule has 1 N–H and O–H groups in total. The van der Waals surface area contributed by atoms with Crippen molar-refractivity contribution in [3.05, 3.63) is 12.0 Å². The van der Waals surface area contributed by atoms with Crippen molar-refractivity contribution < 1.29 is 4.74 Å². The fraction of sp³-hybridized carbons (Fsp3) is 0.545. The van der Waals surface area contributed by atoms with Gasteiger partial charge in [0.25, 0.3) is 0 Å². The number of fused-ring (bicyclic) bond motifs is 1. The molecule has 0 spiro atoms. The molecule has 0 saturated carbocycles. The van der Waals surface area contributed by atoms with Crippen molar-refractivity contribution in [1.82, 2.24) is 19.7 Å². The molecule has 3 heterocycles. The van der Waals surface area contributed by atoms with Gasteiger partial charge in [-0.3, -0.25) is 0 Å². The van der Waals surface area contributed by atoms with Gasteiger partial charge >= 0.3 is 0 Å². The summed E-state index contributed by atoms with van der Waals surface area (Å²) in [5, 5.41) is 4.29. The minimum Gasteiger partial charge on any atom is -0.474 e. The van der Waals surface area contributed by atoms with Crippen LogP contribution in [0.5, 0.6) is 5.88 Å². The highest BCUT2D eigenvalue weighted by Crippen LogP contribution is 2.28. The van der Waals surface area contributed by atoms with E-state index in [2.05, 4.69) is 19.7 Å². The van der Waals surface area contributed by atoms with Crippen LogP contribution in [0, 0.1) is 6.92 Å². The Labute approximate surface area is 103 Å². The molecule has 0 aromatic carbocycles. The molecule has 90 valence electrons. The van der Waals surface area contributed by atoms with Gasteiger partial charge in [0.2, 0.25) is 5.88 Å². The topological polar surface area (TPSA) is 59.9 Å². The maximum absolute atomic E-state index is 5.98. The third kappa shape index (κ3) is 2.10. The van der Waals surface area contributed by atoms with Gasteiger partial charge in [-0.1, -0.05) is 0 Å². The van der Waals surface area contributed by atoms with Crippen LogP contribution in [0.4, 0.5) is 0 Å². The highest BCUT2D eigenvalue weighted by atomic mass is 32.1. The second-order valence-corrected chi connectivity index (χ2v) is 4.95. The first-order valence-electron chi connectivity index (χ1n) is 5.79. The first-order chi connectivity index (χ1) is 8.34. The van der Waals surface area contributed by atoms with E-state index in [4.69, 9.17) is 4.74 Å². The highest BCUT2D eigenvalue weighted by molar-refractivity contribution is 7.13. The Morgan fingerprint density at radius 2 is 2.18 bits per heavy atom. The molecule has 1 saturated heterocycles. The largest absolute Gasteiger partial charge is 0.474 e. The van der Waals surface area contributed by atoms with Crippen molar-refractivity contribution in [1.29, 1.82) is 0 Å². The molecule has 6 heteroatoms. The van der Waals surface area contributed by atoms with Crippen molar-refractivity contribution in [2.75, 3.05) is 13.1 Å². The van der Waals surface area contributed by atoms with Gasteiger partial charge in [-0.15, -0.1) is 0 Å². The Bertz CT molecular complexity index is 521. The van der Waals surface area contributed by atoms with E-state index in [0.717, 1.165) is 41.8 Å². The van der Waals surface area contributed by atoms with Crippen LogP contribution in [0.3, 0.4) is 0 Å². The Morgan fingerprint density at radius 3 is 3.00 bits per heavy atom. The van der Waals surface area contributed by atoms with Crippen molar-refractivity contribution in [3.8, 4) is 5.88 Å². The Hall–Kier alpha value is -1.27. The summed E-state index contributed by atoms with van der Waals surface area (Å²) in [5.74, 6) is 0.688. The van der Waals surface area contributed by atoms with Crippen LogP contribution >= 0.6 is 11.5 Å². The van der Waals surface area contributed by atoms with E-state index >= 15 is 0 Å². The first kappa shape index (κ1) is 10.9. The SMILES string of the molecule is Cc1nsc2ncnc(OC3CCNCC3)c12.